The molecule has 6 heteroatoms. The number of hydrogen-bond donors (Lipinski definition) is 0. The lowest BCUT2D eigenvalue weighted by atomic mass is 9.96. The Morgan fingerprint density at radius 2 is 2.11 bits per heavy atom. The SMILES string of the molecule is Cc1cc(C(F)(F)F)cn(C2COCCC2C)c1=O. The largest absolute Gasteiger partial charge is 0.417 e. The highest BCUT2D eigenvalue weighted by molar-refractivity contribution is 5.21. The minimum atomic E-state index is -4.45. The van der Waals surface area contributed by atoms with Crippen molar-refractivity contribution in [1.29, 1.82) is 0 Å². The van der Waals surface area contributed by atoms with Crippen LogP contribution in [0.3, 0.4) is 0 Å². The predicted octanol–water partition coefficient (Wildman–Crippen LogP) is 2.77. The first-order chi connectivity index (χ1) is 8.80. The molecule has 0 aromatic carbocycles. The van der Waals surface area contributed by atoms with Crippen LogP contribution in [0.2, 0.25) is 0 Å². The number of pyridine rings is 1. The molecule has 1 aromatic heterocycles. The summed E-state index contributed by atoms with van der Waals surface area (Å²) in [4.78, 5) is 12.0. The van der Waals surface area contributed by atoms with E-state index in [-0.39, 0.29) is 29.7 Å². The average molecular weight is 275 g/mol. The van der Waals surface area contributed by atoms with Gasteiger partial charge < -0.3 is 9.30 Å². The number of nitrogens with zero attached hydrogens (tertiary/aromatic N) is 1. The predicted molar refractivity (Wildman–Crippen MR) is 64.1 cm³/mol. The maximum Gasteiger partial charge on any atom is 0.417 e. The molecule has 106 valence electrons. The van der Waals surface area contributed by atoms with Crippen molar-refractivity contribution in [3.8, 4) is 0 Å². The number of halogens is 3. The first-order valence-electron chi connectivity index (χ1n) is 6.18. The summed E-state index contributed by atoms with van der Waals surface area (Å²) in [5.41, 5.74) is -1.06. The summed E-state index contributed by atoms with van der Waals surface area (Å²) in [5, 5.41) is 0. The fourth-order valence-electron chi connectivity index (χ4n) is 2.33. The van der Waals surface area contributed by atoms with Gasteiger partial charge in [-0.05, 0) is 25.3 Å². The molecule has 0 radical (unpaired) electrons. The fourth-order valence-corrected chi connectivity index (χ4v) is 2.33. The fraction of sp³-hybridized carbons (Fsp3) is 0.615. The molecule has 0 aliphatic carbocycles. The van der Waals surface area contributed by atoms with Crippen molar-refractivity contribution in [2.75, 3.05) is 13.2 Å². The zero-order valence-electron chi connectivity index (χ0n) is 10.8. The van der Waals surface area contributed by atoms with Gasteiger partial charge in [0.25, 0.3) is 5.56 Å². The molecule has 1 aliphatic heterocycles. The van der Waals surface area contributed by atoms with Crippen LogP contribution in [0.4, 0.5) is 13.2 Å². The summed E-state index contributed by atoms with van der Waals surface area (Å²) >= 11 is 0. The minimum absolute atomic E-state index is 0.104. The topological polar surface area (TPSA) is 31.2 Å². The molecule has 19 heavy (non-hydrogen) atoms. The van der Waals surface area contributed by atoms with Gasteiger partial charge in [0.15, 0.2) is 0 Å². The van der Waals surface area contributed by atoms with Crippen LogP contribution >= 0.6 is 0 Å². The maximum absolute atomic E-state index is 12.8. The third-order valence-corrected chi connectivity index (χ3v) is 3.57. The van der Waals surface area contributed by atoms with Crippen LogP contribution < -0.4 is 5.56 Å². The maximum atomic E-state index is 12.8. The van der Waals surface area contributed by atoms with Gasteiger partial charge >= 0.3 is 6.18 Å². The van der Waals surface area contributed by atoms with Crippen molar-refractivity contribution in [3.63, 3.8) is 0 Å². The van der Waals surface area contributed by atoms with Gasteiger partial charge in [0.1, 0.15) is 0 Å². The molecule has 1 saturated heterocycles. The zero-order valence-corrected chi connectivity index (χ0v) is 10.8. The van der Waals surface area contributed by atoms with E-state index in [9.17, 15) is 18.0 Å². The van der Waals surface area contributed by atoms with E-state index in [0.29, 0.717) is 6.61 Å². The van der Waals surface area contributed by atoms with E-state index in [1.54, 1.807) is 0 Å². The van der Waals surface area contributed by atoms with E-state index in [1.165, 1.54) is 11.5 Å². The quantitative estimate of drug-likeness (QED) is 0.789. The second kappa shape index (κ2) is 5.00. The van der Waals surface area contributed by atoms with Crippen LogP contribution in [0.1, 0.15) is 30.5 Å². The number of aryl methyl sites for hydroxylation is 1. The lowest BCUT2D eigenvalue weighted by molar-refractivity contribution is -0.138. The van der Waals surface area contributed by atoms with E-state index >= 15 is 0 Å². The molecule has 2 heterocycles. The molecule has 1 fully saturated rings. The van der Waals surface area contributed by atoms with E-state index in [4.69, 9.17) is 4.74 Å². The van der Waals surface area contributed by atoms with Crippen molar-refractivity contribution in [3.05, 3.63) is 33.7 Å². The normalized spacial score (nSPS) is 24.5. The Labute approximate surface area is 109 Å². The number of alkyl halides is 3. The molecule has 0 spiro atoms. The second-order valence-electron chi connectivity index (χ2n) is 5.03. The van der Waals surface area contributed by atoms with Gasteiger partial charge in [-0.2, -0.15) is 13.2 Å². The second-order valence-corrected chi connectivity index (χ2v) is 5.03. The zero-order chi connectivity index (χ0) is 14.2. The summed E-state index contributed by atoms with van der Waals surface area (Å²) in [6.07, 6.45) is -2.80. The van der Waals surface area contributed by atoms with Crippen molar-refractivity contribution in [2.24, 2.45) is 5.92 Å². The first-order valence-corrected chi connectivity index (χ1v) is 6.18. The van der Waals surface area contributed by atoms with Gasteiger partial charge in [0.05, 0.1) is 18.2 Å². The Kier molecular flexibility index (Phi) is 3.71. The Bertz CT molecular complexity index is 522. The van der Waals surface area contributed by atoms with Crippen LogP contribution in [-0.4, -0.2) is 17.8 Å². The Hall–Kier alpha value is -1.30. The summed E-state index contributed by atoms with van der Waals surface area (Å²) in [5.74, 6) is 0.120. The van der Waals surface area contributed by atoms with Gasteiger partial charge in [-0.25, -0.2) is 0 Å². The van der Waals surface area contributed by atoms with Crippen LogP contribution in [0.15, 0.2) is 17.1 Å². The lowest BCUT2D eigenvalue weighted by Gasteiger charge is -2.31. The summed E-state index contributed by atoms with van der Waals surface area (Å²) in [7, 11) is 0. The van der Waals surface area contributed by atoms with Gasteiger partial charge in [0, 0.05) is 18.4 Å². The lowest BCUT2D eigenvalue weighted by Crippen LogP contribution is -2.36. The minimum Gasteiger partial charge on any atom is -0.379 e. The Balaban J connectivity index is 2.50. The molecule has 0 N–H and O–H groups in total. The number of rotatable bonds is 1. The molecule has 2 rings (SSSR count). The van der Waals surface area contributed by atoms with E-state index in [2.05, 4.69) is 0 Å². The molecule has 1 aliphatic rings. The molecule has 2 atom stereocenters. The molecular weight excluding hydrogens is 259 g/mol. The van der Waals surface area contributed by atoms with Crippen LogP contribution in [0, 0.1) is 12.8 Å². The van der Waals surface area contributed by atoms with Gasteiger partial charge in [-0.1, -0.05) is 6.92 Å². The molecule has 0 amide bonds. The van der Waals surface area contributed by atoms with Gasteiger partial charge in [-0.15, -0.1) is 0 Å². The van der Waals surface area contributed by atoms with Gasteiger partial charge in [0.2, 0.25) is 0 Å². The van der Waals surface area contributed by atoms with E-state index in [1.807, 2.05) is 6.92 Å². The van der Waals surface area contributed by atoms with Crippen molar-refractivity contribution in [2.45, 2.75) is 32.5 Å². The van der Waals surface area contributed by atoms with Crippen molar-refractivity contribution in [1.82, 2.24) is 4.57 Å². The molecule has 1 aromatic rings. The molecule has 0 bridgehead atoms. The van der Waals surface area contributed by atoms with Crippen LogP contribution in [-0.2, 0) is 10.9 Å². The smallest absolute Gasteiger partial charge is 0.379 e. The summed E-state index contributed by atoms with van der Waals surface area (Å²) < 4.78 is 44.9. The highest BCUT2D eigenvalue weighted by Gasteiger charge is 2.33. The summed E-state index contributed by atoms with van der Waals surface area (Å²) in [6, 6.07) is 0.565. The third-order valence-electron chi connectivity index (χ3n) is 3.57. The monoisotopic (exact) mass is 275 g/mol. The number of ether oxygens (including phenoxy) is 1. The highest BCUT2D eigenvalue weighted by atomic mass is 19.4. The Morgan fingerprint density at radius 1 is 1.42 bits per heavy atom. The summed E-state index contributed by atoms with van der Waals surface area (Å²) in [6.45, 7) is 4.20. The molecule has 2 unspecified atom stereocenters. The van der Waals surface area contributed by atoms with Crippen molar-refractivity contribution < 1.29 is 17.9 Å². The molecule has 3 nitrogen and oxygen atoms in total. The van der Waals surface area contributed by atoms with E-state index in [0.717, 1.165) is 18.7 Å². The van der Waals surface area contributed by atoms with Crippen molar-refractivity contribution >= 4 is 0 Å². The average Bonchev–Trinajstić information content (AvgIpc) is 2.32. The van der Waals surface area contributed by atoms with Crippen LogP contribution in [0.5, 0.6) is 0 Å². The standard InChI is InChI=1S/C13H16F3NO2/c1-8-3-4-19-7-11(8)17-6-10(13(14,15)16)5-9(2)12(17)18/h5-6,8,11H,3-4,7H2,1-2H3. The molecule has 0 saturated carbocycles. The van der Waals surface area contributed by atoms with Crippen LogP contribution in [0.25, 0.3) is 0 Å². The molecular formula is C13H16F3NO2. The first kappa shape index (κ1) is 14.1. The highest BCUT2D eigenvalue weighted by Crippen LogP contribution is 2.31. The Morgan fingerprint density at radius 3 is 2.68 bits per heavy atom. The van der Waals surface area contributed by atoms with Gasteiger partial charge in [-0.3, -0.25) is 4.79 Å². The third kappa shape index (κ3) is 2.83. The van der Waals surface area contributed by atoms with E-state index < -0.39 is 11.7 Å². The number of hydrogen-bond acceptors (Lipinski definition) is 2. The number of aromatic nitrogens is 1.